The van der Waals surface area contributed by atoms with Crippen molar-refractivity contribution in [3.05, 3.63) is 42.9 Å². The average Bonchev–Trinajstić information content (AvgIpc) is 2.17. The molecule has 7 nitrogen and oxygen atoms in total. The van der Waals surface area contributed by atoms with Gasteiger partial charge in [-0.3, -0.25) is 20.2 Å². The summed E-state index contributed by atoms with van der Waals surface area (Å²) < 4.78 is 0. The van der Waals surface area contributed by atoms with Crippen LogP contribution < -0.4 is 5.73 Å². The summed E-state index contributed by atoms with van der Waals surface area (Å²) in [6.07, 6.45) is 0. The van der Waals surface area contributed by atoms with Gasteiger partial charge in [0.1, 0.15) is 0 Å². The molecule has 0 aliphatic heterocycles. The van der Waals surface area contributed by atoms with E-state index in [4.69, 9.17) is 17.3 Å². The van der Waals surface area contributed by atoms with Crippen LogP contribution in [0.25, 0.3) is 0 Å². The van der Waals surface area contributed by atoms with Gasteiger partial charge in [-0.25, -0.2) is 0 Å². The van der Waals surface area contributed by atoms with Gasteiger partial charge in [-0.1, -0.05) is 11.6 Å². The second kappa shape index (κ2) is 5.59. The van der Waals surface area contributed by atoms with E-state index in [9.17, 15) is 20.2 Å². The third kappa shape index (κ3) is 2.78. The first-order valence-electron chi connectivity index (χ1n) is 3.78. The third-order valence-electron chi connectivity index (χ3n) is 1.72. The molecule has 0 spiro atoms. The lowest BCUT2D eigenvalue weighted by Crippen LogP contribution is -2.01. The summed E-state index contributed by atoms with van der Waals surface area (Å²) in [6.45, 7) is -0.0289. The Balaban J connectivity index is 0.00000225. The van der Waals surface area contributed by atoms with Gasteiger partial charge in [0.15, 0.2) is 5.02 Å². The molecule has 0 aliphatic rings. The summed E-state index contributed by atoms with van der Waals surface area (Å²) >= 11 is 5.50. The van der Waals surface area contributed by atoms with Crippen molar-refractivity contribution in [2.24, 2.45) is 5.73 Å². The van der Waals surface area contributed by atoms with Crippen molar-refractivity contribution in [1.82, 2.24) is 0 Å². The molecular weight excluding hydrogens is 261 g/mol. The summed E-state index contributed by atoms with van der Waals surface area (Å²) in [5, 5.41) is 20.6. The second-order valence-electron chi connectivity index (χ2n) is 2.67. The van der Waals surface area contributed by atoms with Gasteiger partial charge in [0.05, 0.1) is 9.85 Å². The molecular formula is C7H7Cl2N3O4. The Hall–Kier alpha value is -1.44. The van der Waals surface area contributed by atoms with Crippen molar-refractivity contribution in [3.8, 4) is 0 Å². The molecule has 0 saturated carbocycles. The van der Waals surface area contributed by atoms with E-state index < -0.39 is 26.2 Å². The molecule has 9 heteroatoms. The Bertz CT molecular complexity index is 403. The van der Waals surface area contributed by atoms with Gasteiger partial charge in [0.2, 0.25) is 0 Å². The molecule has 1 rings (SSSR count). The normalized spacial score (nSPS) is 9.38. The van der Waals surface area contributed by atoms with E-state index in [1.807, 2.05) is 0 Å². The maximum atomic E-state index is 10.5. The zero-order chi connectivity index (χ0) is 11.6. The molecule has 0 aliphatic carbocycles. The molecule has 0 atom stereocenters. The largest absolute Gasteiger partial charge is 0.326 e. The van der Waals surface area contributed by atoms with Gasteiger partial charge in [0.25, 0.3) is 11.4 Å². The van der Waals surface area contributed by atoms with Crippen LogP contribution in [0.15, 0.2) is 12.1 Å². The molecule has 0 saturated heterocycles. The summed E-state index contributed by atoms with van der Waals surface area (Å²) in [5.74, 6) is 0. The summed E-state index contributed by atoms with van der Waals surface area (Å²) in [4.78, 5) is 19.5. The third-order valence-corrected chi connectivity index (χ3v) is 2.11. The quantitative estimate of drug-likeness (QED) is 0.665. The highest BCUT2D eigenvalue weighted by Gasteiger charge is 2.24. The van der Waals surface area contributed by atoms with Gasteiger partial charge in [-0.2, -0.15) is 0 Å². The second-order valence-corrected chi connectivity index (χ2v) is 3.04. The molecule has 88 valence electrons. The van der Waals surface area contributed by atoms with E-state index in [0.29, 0.717) is 0 Å². The maximum absolute atomic E-state index is 10.5. The number of nitro groups is 2. The lowest BCUT2D eigenvalue weighted by atomic mass is 10.2. The first-order valence-corrected chi connectivity index (χ1v) is 4.16. The molecule has 1 aromatic rings. The lowest BCUT2D eigenvalue weighted by Gasteiger charge is -2.00. The molecule has 16 heavy (non-hydrogen) atoms. The SMILES string of the molecule is Cl.NCc1cc([N+](=O)[O-])c(Cl)c([N+](=O)[O-])c1. The predicted octanol–water partition coefficient (Wildman–Crippen LogP) is 2.04. The molecule has 0 heterocycles. The van der Waals surface area contributed by atoms with Crippen LogP contribution in [0.4, 0.5) is 11.4 Å². The van der Waals surface area contributed by atoms with Crippen molar-refractivity contribution in [1.29, 1.82) is 0 Å². The van der Waals surface area contributed by atoms with Crippen LogP contribution in [0.1, 0.15) is 5.56 Å². The van der Waals surface area contributed by atoms with Crippen LogP contribution in [-0.4, -0.2) is 9.85 Å². The maximum Gasteiger partial charge on any atom is 0.295 e. The van der Waals surface area contributed by atoms with Crippen molar-refractivity contribution in [2.45, 2.75) is 6.54 Å². The smallest absolute Gasteiger partial charge is 0.295 e. The predicted molar refractivity (Wildman–Crippen MR) is 59.9 cm³/mol. The van der Waals surface area contributed by atoms with Gasteiger partial charge in [0, 0.05) is 18.7 Å². The fraction of sp³-hybridized carbons (Fsp3) is 0.143. The minimum atomic E-state index is -0.783. The van der Waals surface area contributed by atoms with Crippen molar-refractivity contribution >= 4 is 35.4 Å². The van der Waals surface area contributed by atoms with Crippen molar-refractivity contribution in [3.63, 3.8) is 0 Å². The number of rotatable bonds is 3. The number of nitrogens with zero attached hydrogens (tertiary/aromatic N) is 2. The van der Waals surface area contributed by atoms with E-state index in [1.165, 1.54) is 0 Å². The van der Waals surface area contributed by atoms with Crippen molar-refractivity contribution in [2.75, 3.05) is 0 Å². The highest BCUT2D eigenvalue weighted by Crippen LogP contribution is 2.34. The van der Waals surface area contributed by atoms with Gasteiger partial charge in [-0.05, 0) is 5.56 Å². The number of nitrogens with two attached hydrogens (primary N) is 1. The summed E-state index contributed by atoms with van der Waals surface area (Å²) in [6, 6.07) is 2.24. The Morgan fingerprint density at radius 1 is 1.19 bits per heavy atom. The number of nitro benzene ring substituents is 2. The Morgan fingerprint density at radius 3 is 1.81 bits per heavy atom. The van der Waals surface area contributed by atoms with Gasteiger partial charge >= 0.3 is 0 Å². The highest BCUT2D eigenvalue weighted by molar-refractivity contribution is 6.34. The fourth-order valence-corrected chi connectivity index (χ4v) is 1.28. The van der Waals surface area contributed by atoms with Crippen LogP contribution in [-0.2, 0) is 6.54 Å². The molecule has 1 aromatic carbocycles. The van der Waals surface area contributed by atoms with E-state index in [1.54, 1.807) is 0 Å². The first kappa shape index (κ1) is 14.6. The number of benzene rings is 1. The number of hydrogen-bond acceptors (Lipinski definition) is 5. The van der Waals surface area contributed by atoms with Gasteiger partial charge < -0.3 is 5.73 Å². The topological polar surface area (TPSA) is 112 Å². The standard InChI is InChI=1S/C7H6ClN3O4.ClH/c8-7-5(10(12)13)1-4(3-9)2-6(7)11(14)15;/h1-2H,3,9H2;1H. The molecule has 2 N–H and O–H groups in total. The minimum Gasteiger partial charge on any atom is -0.326 e. The number of hydrogen-bond donors (Lipinski definition) is 1. The molecule has 0 bridgehead atoms. The molecule has 0 aromatic heterocycles. The van der Waals surface area contributed by atoms with Crippen LogP contribution in [0.5, 0.6) is 0 Å². The fourth-order valence-electron chi connectivity index (χ4n) is 1.03. The van der Waals surface area contributed by atoms with E-state index in [0.717, 1.165) is 12.1 Å². The van der Waals surface area contributed by atoms with E-state index >= 15 is 0 Å². The zero-order valence-electron chi connectivity index (χ0n) is 7.75. The Labute approximate surface area is 101 Å². The number of halogens is 2. The molecule has 0 radical (unpaired) electrons. The monoisotopic (exact) mass is 267 g/mol. The van der Waals surface area contributed by atoms with Crippen LogP contribution in [0, 0.1) is 20.2 Å². The average molecular weight is 268 g/mol. The van der Waals surface area contributed by atoms with Crippen LogP contribution in [0.2, 0.25) is 5.02 Å². The van der Waals surface area contributed by atoms with E-state index in [2.05, 4.69) is 0 Å². The van der Waals surface area contributed by atoms with E-state index in [-0.39, 0.29) is 24.5 Å². The van der Waals surface area contributed by atoms with Gasteiger partial charge in [-0.15, -0.1) is 12.4 Å². The van der Waals surface area contributed by atoms with Crippen LogP contribution >= 0.6 is 24.0 Å². The molecule has 0 fully saturated rings. The minimum absolute atomic E-state index is 0. The highest BCUT2D eigenvalue weighted by atomic mass is 35.5. The lowest BCUT2D eigenvalue weighted by molar-refractivity contribution is -0.394. The van der Waals surface area contributed by atoms with Crippen molar-refractivity contribution < 1.29 is 9.85 Å². The summed E-state index contributed by atoms with van der Waals surface area (Å²) in [7, 11) is 0. The Kier molecular flexibility index (Phi) is 5.09. The Morgan fingerprint density at radius 2 is 1.56 bits per heavy atom. The zero-order valence-corrected chi connectivity index (χ0v) is 9.33. The molecule has 0 amide bonds. The summed E-state index contributed by atoms with van der Waals surface area (Å²) in [5.41, 5.74) is 4.52. The molecule has 0 unspecified atom stereocenters. The first-order chi connectivity index (χ1) is 6.97. The van der Waals surface area contributed by atoms with Crippen LogP contribution in [0.3, 0.4) is 0 Å².